The zero-order chi connectivity index (χ0) is 22.7. The normalized spacial score (nSPS) is 15.9. The van der Waals surface area contributed by atoms with Crippen LogP contribution >= 0.6 is 0 Å². The monoisotopic (exact) mass is 432 g/mol. The summed E-state index contributed by atoms with van der Waals surface area (Å²) in [5.74, 6) is -1.09. The van der Waals surface area contributed by atoms with Crippen LogP contribution in [0.15, 0.2) is 48.9 Å². The largest absolute Gasteiger partial charge is 0.382 e. The van der Waals surface area contributed by atoms with Crippen LogP contribution in [0.2, 0.25) is 0 Å². The third-order valence-electron chi connectivity index (χ3n) is 5.30. The second-order valence-corrected chi connectivity index (χ2v) is 7.63. The molecule has 10 nitrogen and oxygen atoms in total. The first kappa shape index (κ1) is 21.2. The van der Waals surface area contributed by atoms with E-state index in [0.717, 1.165) is 25.1 Å². The van der Waals surface area contributed by atoms with Gasteiger partial charge in [0.25, 0.3) is 5.91 Å². The fraction of sp³-hybridized carbons (Fsp3) is 0.227. The molecule has 164 valence electrons. The van der Waals surface area contributed by atoms with Crippen LogP contribution in [-0.2, 0) is 0 Å². The number of nitrogens with zero attached hydrogens (tertiary/aromatic N) is 4. The standard InChI is InChI=1S/C22H24N8O2/c23-15-5-2-8-30(12-15)18-6-7-26-10-17(18)29-22(32)19-20(24)27-11-16(28-19)13-3-1-4-14(9-13)21(25)31/h1,3-4,6-7,9-11,15H,2,5,8,12,23H2,(H2,24,27)(H2,25,31)(H,29,32). The number of carbonyl (C=O) groups excluding carboxylic acids is 2. The van der Waals surface area contributed by atoms with Gasteiger partial charge in [-0.05, 0) is 31.0 Å². The van der Waals surface area contributed by atoms with Gasteiger partial charge in [-0.2, -0.15) is 0 Å². The number of amides is 2. The lowest BCUT2D eigenvalue weighted by Gasteiger charge is -2.33. The molecule has 1 saturated heterocycles. The smallest absolute Gasteiger partial charge is 0.278 e. The zero-order valence-electron chi connectivity index (χ0n) is 17.4. The van der Waals surface area contributed by atoms with E-state index in [-0.39, 0.29) is 17.6 Å². The number of anilines is 3. The number of pyridine rings is 1. The van der Waals surface area contributed by atoms with Crippen molar-refractivity contribution in [1.82, 2.24) is 15.0 Å². The Kier molecular flexibility index (Phi) is 5.95. The maximum atomic E-state index is 13.1. The van der Waals surface area contributed by atoms with Gasteiger partial charge in [0.2, 0.25) is 5.91 Å². The SMILES string of the molecule is NC(=O)c1cccc(-c2cnc(N)c(C(=O)Nc3cnccc3N3CCCC(N)C3)n2)c1. The van der Waals surface area contributed by atoms with Gasteiger partial charge >= 0.3 is 0 Å². The lowest BCUT2D eigenvalue weighted by Crippen LogP contribution is -2.43. The third kappa shape index (κ3) is 4.49. The second kappa shape index (κ2) is 8.98. The molecule has 0 radical (unpaired) electrons. The number of nitrogens with two attached hydrogens (primary N) is 3. The number of nitrogens with one attached hydrogen (secondary N) is 1. The highest BCUT2D eigenvalue weighted by molar-refractivity contribution is 6.07. The minimum atomic E-state index is -0.560. The molecular formula is C22H24N8O2. The summed E-state index contributed by atoms with van der Waals surface area (Å²) in [5.41, 5.74) is 20.1. The van der Waals surface area contributed by atoms with Crippen molar-refractivity contribution in [2.24, 2.45) is 11.5 Å². The molecule has 10 heteroatoms. The van der Waals surface area contributed by atoms with E-state index in [1.807, 2.05) is 6.07 Å². The molecule has 2 aromatic heterocycles. The van der Waals surface area contributed by atoms with Gasteiger partial charge in [-0.3, -0.25) is 14.6 Å². The van der Waals surface area contributed by atoms with E-state index in [9.17, 15) is 9.59 Å². The Hall–Kier alpha value is -4.05. The van der Waals surface area contributed by atoms with Crippen LogP contribution in [0.3, 0.4) is 0 Å². The van der Waals surface area contributed by atoms with Crippen molar-refractivity contribution < 1.29 is 9.59 Å². The van der Waals surface area contributed by atoms with E-state index in [2.05, 4.69) is 25.2 Å². The average molecular weight is 432 g/mol. The Labute approximate surface area is 184 Å². The van der Waals surface area contributed by atoms with E-state index >= 15 is 0 Å². The molecule has 4 rings (SSSR count). The Morgan fingerprint density at radius 2 is 2.03 bits per heavy atom. The highest BCUT2D eigenvalue weighted by atomic mass is 16.2. The Morgan fingerprint density at radius 3 is 2.81 bits per heavy atom. The fourth-order valence-corrected chi connectivity index (χ4v) is 3.71. The number of piperidine rings is 1. The van der Waals surface area contributed by atoms with Crippen molar-refractivity contribution in [3.8, 4) is 11.3 Å². The van der Waals surface area contributed by atoms with Crippen LogP contribution in [0.4, 0.5) is 17.2 Å². The quantitative estimate of drug-likeness (QED) is 0.469. The molecule has 1 atom stereocenters. The van der Waals surface area contributed by atoms with E-state index in [4.69, 9.17) is 17.2 Å². The highest BCUT2D eigenvalue weighted by Crippen LogP contribution is 2.28. The molecule has 1 aliphatic heterocycles. The van der Waals surface area contributed by atoms with Crippen LogP contribution in [-0.4, -0.2) is 45.9 Å². The summed E-state index contributed by atoms with van der Waals surface area (Å²) in [4.78, 5) is 39.3. The van der Waals surface area contributed by atoms with Crippen molar-refractivity contribution in [1.29, 1.82) is 0 Å². The van der Waals surface area contributed by atoms with Gasteiger partial charge in [0.05, 0.1) is 29.5 Å². The molecular weight excluding hydrogens is 408 g/mol. The van der Waals surface area contributed by atoms with Crippen molar-refractivity contribution in [3.05, 3.63) is 60.2 Å². The second-order valence-electron chi connectivity index (χ2n) is 7.63. The van der Waals surface area contributed by atoms with E-state index in [0.29, 0.717) is 29.1 Å². The number of primary amides is 1. The number of rotatable bonds is 5. The number of hydrogen-bond acceptors (Lipinski definition) is 8. The maximum Gasteiger partial charge on any atom is 0.278 e. The van der Waals surface area contributed by atoms with E-state index < -0.39 is 11.8 Å². The minimum absolute atomic E-state index is 0.0114. The Bertz CT molecular complexity index is 1170. The summed E-state index contributed by atoms with van der Waals surface area (Å²) in [6.45, 7) is 1.54. The van der Waals surface area contributed by atoms with Crippen LogP contribution in [0.5, 0.6) is 0 Å². The summed E-state index contributed by atoms with van der Waals surface area (Å²) in [5, 5.41) is 2.85. The van der Waals surface area contributed by atoms with Gasteiger partial charge in [0, 0.05) is 36.5 Å². The van der Waals surface area contributed by atoms with E-state index in [1.54, 1.807) is 36.7 Å². The predicted molar refractivity (Wildman–Crippen MR) is 122 cm³/mol. The van der Waals surface area contributed by atoms with Crippen LogP contribution in [0.1, 0.15) is 33.7 Å². The topological polar surface area (TPSA) is 166 Å². The molecule has 7 N–H and O–H groups in total. The van der Waals surface area contributed by atoms with Crippen LogP contribution < -0.4 is 27.4 Å². The summed E-state index contributed by atoms with van der Waals surface area (Å²) >= 11 is 0. The van der Waals surface area contributed by atoms with E-state index in [1.165, 1.54) is 6.20 Å². The van der Waals surface area contributed by atoms with Gasteiger partial charge in [-0.15, -0.1) is 0 Å². The highest BCUT2D eigenvalue weighted by Gasteiger charge is 2.22. The molecule has 0 aliphatic carbocycles. The molecule has 1 fully saturated rings. The number of nitrogen functional groups attached to an aromatic ring is 1. The summed E-state index contributed by atoms with van der Waals surface area (Å²) in [7, 11) is 0. The average Bonchev–Trinajstić information content (AvgIpc) is 2.79. The van der Waals surface area contributed by atoms with Crippen LogP contribution in [0, 0.1) is 0 Å². The maximum absolute atomic E-state index is 13.1. The minimum Gasteiger partial charge on any atom is -0.382 e. The van der Waals surface area contributed by atoms with Crippen molar-refractivity contribution >= 4 is 29.0 Å². The first-order chi connectivity index (χ1) is 15.4. The summed E-state index contributed by atoms with van der Waals surface area (Å²) < 4.78 is 0. The first-order valence-corrected chi connectivity index (χ1v) is 10.2. The lowest BCUT2D eigenvalue weighted by molar-refractivity contribution is 0.0997. The number of hydrogen-bond donors (Lipinski definition) is 4. The molecule has 1 unspecified atom stereocenters. The Balaban J connectivity index is 1.62. The molecule has 1 aromatic carbocycles. The van der Waals surface area contributed by atoms with Gasteiger partial charge in [0.1, 0.15) is 0 Å². The third-order valence-corrected chi connectivity index (χ3v) is 5.30. The van der Waals surface area contributed by atoms with Gasteiger partial charge < -0.3 is 27.4 Å². The molecule has 3 heterocycles. The molecule has 0 saturated carbocycles. The predicted octanol–water partition coefficient (Wildman–Crippen LogP) is 1.40. The molecule has 2 amide bonds. The van der Waals surface area contributed by atoms with Gasteiger partial charge in [-0.25, -0.2) is 9.97 Å². The summed E-state index contributed by atoms with van der Waals surface area (Å²) in [6.07, 6.45) is 6.64. The molecule has 0 bridgehead atoms. The van der Waals surface area contributed by atoms with Gasteiger partial charge in [-0.1, -0.05) is 12.1 Å². The fourth-order valence-electron chi connectivity index (χ4n) is 3.71. The Morgan fingerprint density at radius 1 is 1.19 bits per heavy atom. The van der Waals surface area contributed by atoms with Crippen molar-refractivity contribution in [2.75, 3.05) is 29.0 Å². The van der Waals surface area contributed by atoms with Gasteiger partial charge in [0.15, 0.2) is 11.5 Å². The van der Waals surface area contributed by atoms with Crippen molar-refractivity contribution in [3.63, 3.8) is 0 Å². The molecule has 32 heavy (non-hydrogen) atoms. The number of aromatic nitrogens is 3. The molecule has 1 aliphatic rings. The lowest BCUT2D eigenvalue weighted by atomic mass is 10.1. The summed E-state index contributed by atoms with van der Waals surface area (Å²) in [6, 6.07) is 8.53. The van der Waals surface area contributed by atoms with Crippen molar-refractivity contribution in [2.45, 2.75) is 18.9 Å². The zero-order valence-corrected chi connectivity index (χ0v) is 17.4. The molecule has 0 spiro atoms. The first-order valence-electron chi connectivity index (χ1n) is 10.2. The number of carbonyl (C=O) groups is 2. The molecule has 3 aromatic rings. The van der Waals surface area contributed by atoms with Crippen LogP contribution in [0.25, 0.3) is 11.3 Å². The number of benzene rings is 1.